The minimum absolute atomic E-state index is 0.230. The number of aliphatic hydroxyl groups is 1. The highest BCUT2D eigenvalue weighted by Gasteiger charge is 2.26. The van der Waals surface area contributed by atoms with Gasteiger partial charge in [-0.05, 0) is 61.2 Å². The fraction of sp³-hybridized carbons (Fsp3) is 0.375. The van der Waals surface area contributed by atoms with Crippen LogP contribution in [0.4, 0.5) is 0 Å². The predicted octanol–water partition coefficient (Wildman–Crippen LogP) is 3.61. The quantitative estimate of drug-likeness (QED) is 0.889. The van der Waals surface area contributed by atoms with E-state index in [-0.39, 0.29) is 6.10 Å². The Morgan fingerprint density at radius 3 is 2.47 bits per heavy atom. The summed E-state index contributed by atoms with van der Waals surface area (Å²) in [6.45, 7) is 1.86. The zero-order valence-corrected chi connectivity index (χ0v) is 12.7. The van der Waals surface area contributed by atoms with Gasteiger partial charge < -0.3 is 5.11 Å². The highest BCUT2D eigenvalue weighted by atomic mass is 32.3. The molecule has 1 N–H and O–H groups in total. The van der Waals surface area contributed by atoms with E-state index in [1.54, 1.807) is 0 Å². The highest BCUT2D eigenvalue weighted by Crippen LogP contribution is 2.58. The molecule has 0 fully saturated rings. The Balaban J connectivity index is 2.24. The van der Waals surface area contributed by atoms with E-state index in [1.165, 1.54) is 11.1 Å². The first-order valence-electron chi connectivity index (χ1n) is 6.65. The molecule has 0 bridgehead atoms. The zero-order chi connectivity index (χ0) is 13.9. The van der Waals surface area contributed by atoms with Crippen LogP contribution in [0.2, 0.25) is 0 Å². The van der Waals surface area contributed by atoms with Gasteiger partial charge in [-0.3, -0.25) is 4.31 Å². The van der Waals surface area contributed by atoms with Crippen LogP contribution in [-0.2, 0) is 0 Å². The van der Waals surface area contributed by atoms with Gasteiger partial charge in [0.2, 0.25) is 0 Å². The average molecular weight is 277 g/mol. The van der Waals surface area contributed by atoms with Crippen molar-refractivity contribution in [3.63, 3.8) is 0 Å². The molecule has 1 heterocycles. The first kappa shape index (κ1) is 14.4. The summed E-state index contributed by atoms with van der Waals surface area (Å²) in [5.41, 5.74) is 2.57. The van der Waals surface area contributed by atoms with E-state index < -0.39 is 10.2 Å². The monoisotopic (exact) mass is 277 g/mol. The second-order valence-corrected chi connectivity index (χ2v) is 8.47. The molecule has 0 aliphatic carbocycles. The number of hydrogen-bond acceptors (Lipinski definition) is 2. The molecular weight excluding hydrogens is 254 g/mol. The fourth-order valence-electron chi connectivity index (χ4n) is 2.18. The molecule has 1 aliphatic rings. The topological polar surface area (TPSA) is 23.5 Å². The molecule has 0 radical (unpaired) electrons. The van der Waals surface area contributed by atoms with Gasteiger partial charge in [0, 0.05) is 0 Å². The number of benzene rings is 1. The smallest absolute Gasteiger partial charge is 0.0520 e. The van der Waals surface area contributed by atoms with E-state index in [0.29, 0.717) is 0 Å². The van der Waals surface area contributed by atoms with Crippen molar-refractivity contribution in [1.29, 1.82) is 0 Å². The Labute approximate surface area is 117 Å². The van der Waals surface area contributed by atoms with Crippen molar-refractivity contribution in [1.82, 2.24) is 4.31 Å². The normalized spacial score (nSPS) is 27.1. The summed E-state index contributed by atoms with van der Waals surface area (Å²) < 4.78 is 2.31. The lowest BCUT2D eigenvalue weighted by Crippen LogP contribution is -2.20. The molecule has 1 aliphatic heterocycles. The summed E-state index contributed by atoms with van der Waals surface area (Å²) in [4.78, 5) is 0. The van der Waals surface area contributed by atoms with Crippen LogP contribution < -0.4 is 0 Å². The van der Waals surface area contributed by atoms with Crippen molar-refractivity contribution >= 4 is 15.8 Å². The molecule has 0 aromatic heterocycles. The van der Waals surface area contributed by atoms with E-state index >= 15 is 0 Å². The molecule has 0 spiro atoms. The van der Waals surface area contributed by atoms with Crippen LogP contribution in [0.3, 0.4) is 0 Å². The molecule has 1 aromatic rings. The number of aliphatic hydroxyl groups excluding tert-OH is 1. The van der Waals surface area contributed by atoms with Crippen molar-refractivity contribution in [3.05, 3.63) is 52.8 Å². The van der Waals surface area contributed by atoms with Crippen LogP contribution in [0.1, 0.15) is 18.9 Å². The van der Waals surface area contributed by atoms with Gasteiger partial charge in [0.05, 0.1) is 6.10 Å². The van der Waals surface area contributed by atoms with Gasteiger partial charge in [-0.1, -0.05) is 30.3 Å². The molecule has 19 heavy (non-hydrogen) atoms. The third-order valence-electron chi connectivity index (χ3n) is 3.46. The predicted molar refractivity (Wildman–Crippen MR) is 86.0 cm³/mol. The van der Waals surface area contributed by atoms with Gasteiger partial charge in [-0.2, -0.15) is 0 Å². The first-order chi connectivity index (χ1) is 9.03. The number of rotatable bonds is 5. The lowest BCUT2D eigenvalue weighted by atomic mass is 10.1. The number of allylic oxidation sites excluding steroid dienone is 2. The fourth-order valence-corrected chi connectivity index (χ4v) is 5.09. The average Bonchev–Trinajstić information content (AvgIpc) is 2.83. The molecule has 2 atom stereocenters. The maximum Gasteiger partial charge on any atom is 0.0520 e. The SMILES string of the molecule is CC(O)CCS1(N(C)C)C=CC(c2ccccc2)=C1. The van der Waals surface area contributed by atoms with Gasteiger partial charge in [-0.25, -0.2) is 0 Å². The van der Waals surface area contributed by atoms with E-state index in [2.05, 4.69) is 59.6 Å². The first-order valence-corrected chi connectivity index (χ1v) is 8.54. The molecule has 0 saturated heterocycles. The lowest BCUT2D eigenvalue weighted by molar-refractivity contribution is 0.191. The molecule has 0 amide bonds. The zero-order valence-electron chi connectivity index (χ0n) is 11.9. The maximum absolute atomic E-state index is 9.54. The molecule has 2 nitrogen and oxygen atoms in total. The largest absolute Gasteiger partial charge is 0.393 e. The van der Waals surface area contributed by atoms with Gasteiger partial charge in [0.15, 0.2) is 0 Å². The Hall–Kier alpha value is -1.03. The van der Waals surface area contributed by atoms with E-state index in [1.807, 2.05) is 13.0 Å². The van der Waals surface area contributed by atoms with Crippen LogP contribution in [-0.4, -0.2) is 35.4 Å². The third kappa shape index (κ3) is 3.30. The minimum atomic E-state index is -1.04. The van der Waals surface area contributed by atoms with Gasteiger partial charge in [0.1, 0.15) is 0 Å². The van der Waals surface area contributed by atoms with Crippen LogP contribution in [0.15, 0.2) is 47.2 Å². The number of nitrogens with zero attached hydrogens (tertiary/aromatic N) is 1. The highest BCUT2D eigenvalue weighted by molar-refractivity contribution is 8.36. The standard InChI is InChI=1S/C16H23NOS/c1-14(18)9-11-19(17(2)3)12-10-16(13-19)15-7-5-4-6-8-15/h4-8,10,12-14,18H,9,11H2,1-3H3. The molecule has 0 saturated carbocycles. The van der Waals surface area contributed by atoms with E-state index in [4.69, 9.17) is 0 Å². The van der Waals surface area contributed by atoms with Crippen LogP contribution in [0.5, 0.6) is 0 Å². The Morgan fingerprint density at radius 2 is 1.89 bits per heavy atom. The molecule has 104 valence electrons. The van der Waals surface area contributed by atoms with Crippen LogP contribution in [0, 0.1) is 0 Å². The molecular formula is C16H23NOS. The van der Waals surface area contributed by atoms with Crippen LogP contribution >= 0.6 is 10.2 Å². The van der Waals surface area contributed by atoms with Crippen molar-refractivity contribution in [2.24, 2.45) is 0 Å². The Bertz CT molecular complexity index is 479. The third-order valence-corrected chi connectivity index (χ3v) is 6.98. The second-order valence-electron chi connectivity index (χ2n) is 5.21. The van der Waals surface area contributed by atoms with Gasteiger partial charge in [0.25, 0.3) is 0 Å². The van der Waals surface area contributed by atoms with Crippen molar-refractivity contribution in [3.8, 4) is 0 Å². The van der Waals surface area contributed by atoms with E-state index in [9.17, 15) is 5.11 Å². The lowest BCUT2D eigenvalue weighted by Gasteiger charge is -2.39. The summed E-state index contributed by atoms with van der Waals surface area (Å²) in [6.07, 6.45) is 2.84. The Morgan fingerprint density at radius 1 is 1.21 bits per heavy atom. The second kappa shape index (κ2) is 5.95. The summed E-state index contributed by atoms with van der Waals surface area (Å²) in [5.74, 6) is 1.02. The van der Waals surface area contributed by atoms with Crippen LogP contribution in [0.25, 0.3) is 5.57 Å². The van der Waals surface area contributed by atoms with E-state index in [0.717, 1.165) is 12.2 Å². The molecule has 1 aromatic carbocycles. The summed E-state index contributed by atoms with van der Waals surface area (Å²) in [7, 11) is 3.22. The van der Waals surface area contributed by atoms with Crippen molar-refractivity contribution < 1.29 is 5.11 Å². The van der Waals surface area contributed by atoms with Gasteiger partial charge in [-0.15, -0.1) is 10.2 Å². The van der Waals surface area contributed by atoms with Crippen molar-refractivity contribution in [2.45, 2.75) is 19.4 Å². The molecule has 2 unspecified atom stereocenters. The molecule has 3 heteroatoms. The molecule has 2 rings (SSSR count). The summed E-state index contributed by atoms with van der Waals surface area (Å²) >= 11 is 0. The summed E-state index contributed by atoms with van der Waals surface area (Å²) in [6, 6.07) is 10.5. The maximum atomic E-state index is 9.54. The minimum Gasteiger partial charge on any atom is -0.393 e. The number of hydrogen-bond donors (Lipinski definition) is 1. The van der Waals surface area contributed by atoms with Gasteiger partial charge >= 0.3 is 0 Å². The summed E-state index contributed by atoms with van der Waals surface area (Å²) in [5, 5.41) is 14.3. The van der Waals surface area contributed by atoms with Crippen molar-refractivity contribution in [2.75, 3.05) is 19.8 Å². The Kier molecular flexibility index (Phi) is 4.50.